The molecule has 144 valence electrons. The van der Waals surface area contributed by atoms with E-state index in [1.807, 2.05) is 18.2 Å². The van der Waals surface area contributed by atoms with Gasteiger partial charge in [0.1, 0.15) is 4.90 Å². The highest BCUT2D eigenvalue weighted by Crippen LogP contribution is 2.29. The van der Waals surface area contributed by atoms with Crippen molar-refractivity contribution in [3.63, 3.8) is 0 Å². The lowest BCUT2D eigenvalue weighted by atomic mass is 10.1. The summed E-state index contributed by atoms with van der Waals surface area (Å²) in [4.78, 5) is 12.2. The van der Waals surface area contributed by atoms with Crippen molar-refractivity contribution in [2.24, 2.45) is 0 Å². The van der Waals surface area contributed by atoms with Crippen molar-refractivity contribution in [2.45, 2.75) is 30.2 Å². The van der Waals surface area contributed by atoms with Crippen LogP contribution < -0.4 is 10.6 Å². The van der Waals surface area contributed by atoms with Crippen LogP contribution in [0.1, 0.15) is 19.3 Å². The number of urea groups is 1. The number of nitrogens with one attached hydrogen (secondary N) is 2. The van der Waals surface area contributed by atoms with Crippen LogP contribution in [0.5, 0.6) is 0 Å². The van der Waals surface area contributed by atoms with Crippen LogP contribution in [0.3, 0.4) is 0 Å². The molecule has 2 amide bonds. The van der Waals surface area contributed by atoms with E-state index in [1.165, 1.54) is 10.4 Å². The summed E-state index contributed by atoms with van der Waals surface area (Å²) < 4.78 is 27.6. The second-order valence-corrected chi connectivity index (χ2v) is 8.66. The Bertz CT molecular complexity index is 890. The molecule has 6 nitrogen and oxygen atoms in total. The smallest absolute Gasteiger partial charge is 0.319 e. The average Bonchev–Trinajstić information content (AvgIpc) is 2.67. The molecule has 0 bridgehead atoms. The molecular weight excluding hydrogens is 386 g/mol. The van der Waals surface area contributed by atoms with Crippen LogP contribution in [0, 0.1) is 0 Å². The Labute approximate surface area is 164 Å². The molecule has 1 unspecified atom stereocenters. The Morgan fingerprint density at radius 2 is 1.78 bits per heavy atom. The van der Waals surface area contributed by atoms with Gasteiger partial charge in [-0.25, -0.2) is 13.2 Å². The summed E-state index contributed by atoms with van der Waals surface area (Å²) in [5.41, 5.74) is 0.680. The van der Waals surface area contributed by atoms with E-state index in [2.05, 4.69) is 10.6 Å². The van der Waals surface area contributed by atoms with Crippen LogP contribution in [0.4, 0.5) is 10.5 Å². The summed E-state index contributed by atoms with van der Waals surface area (Å²) in [6, 6.07) is 14.9. The predicted molar refractivity (Wildman–Crippen MR) is 106 cm³/mol. The van der Waals surface area contributed by atoms with E-state index in [4.69, 9.17) is 11.6 Å². The fourth-order valence-corrected chi connectivity index (χ4v) is 5.37. The van der Waals surface area contributed by atoms with Crippen molar-refractivity contribution in [2.75, 3.05) is 18.4 Å². The maximum absolute atomic E-state index is 13.1. The van der Waals surface area contributed by atoms with Crippen LogP contribution in [-0.2, 0) is 10.0 Å². The van der Waals surface area contributed by atoms with E-state index in [1.54, 1.807) is 30.3 Å². The fraction of sp³-hybridized carbons (Fsp3) is 0.316. The number of carbonyl (C=O) groups excluding carboxylic acids is 1. The quantitative estimate of drug-likeness (QED) is 0.793. The molecule has 0 aromatic heterocycles. The third kappa shape index (κ3) is 4.80. The van der Waals surface area contributed by atoms with E-state index in [0.717, 1.165) is 12.8 Å². The van der Waals surface area contributed by atoms with Crippen molar-refractivity contribution >= 4 is 33.3 Å². The maximum atomic E-state index is 13.1. The van der Waals surface area contributed by atoms with E-state index >= 15 is 0 Å². The number of hydrogen-bond donors (Lipinski definition) is 2. The van der Waals surface area contributed by atoms with Crippen LogP contribution in [0.15, 0.2) is 59.5 Å². The van der Waals surface area contributed by atoms with Crippen LogP contribution in [0.2, 0.25) is 5.02 Å². The normalized spacial score (nSPS) is 18.0. The van der Waals surface area contributed by atoms with Gasteiger partial charge in [0, 0.05) is 24.8 Å². The van der Waals surface area contributed by atoms with Crippen molar-refractivity contribution in [3.05, 3.63) is 59.6 Å². The predicted octanol–water partition coefficient (Wildman–Crippen LogP) is 3.70. The zero-order valence-corrected chi connectivity index (χ0v) is 16.3. The molecule has 1 atom stereocenters. The van der Waals surface area contributed by atoms with Crippen molar-refractivity contribution in [1.29, 1.82) is 0 Å². The first kappa shape index (κ1) is 19.7. The van der Waals surface area contributed by atoms with Gasteiger partial charge in [-0.15, -0.1) is 0 Å². The first-order chi connectivity index (χ1) is 13.0. The van der Waals surface area contributed by atoms with Gasteiger partial charge in [0.05, 0.1) is 5.02 Å². The molecule has 1 saturated heterocycles. The van der Waals surface area contributed by atoms with Gasteiger partial charge in [-0.3, -0.25) is 0 Å². The topological polar surface area (TPSA) is 78.5 Å². The minimum atomic E-state index is -3.72. The van der Waals surface area contributed by atoms with Crippen LogP contribution in [-0.4, -0.2) is 37.9 Å². The van der Waals surface area contributed by atoms with Crippen molar-refractivity contribution in [3.8, 4) is 0 Å². The first-order valence-corrected chi connectivity index (χ1v) is 10.7. The zero-order chi connectivity index (χ0) is 19.3. The van der Waals surface area contributed by atoms with Gasteiger partial charge in [0.15, 0.2) is 0 Å². The molecule has 1 fully saturated rings. The molecule has 0 saturated carbocycles. The number of nitrogens with zero attached hydrogens (tertiary/aromatic N) is 1. The summed E-state index contributed by atoms with van der Waals surface area (Å²) in [6.07, 6.45) is 2.40. The largest absolute Gasteiger partial charge is 0.336 e. The minimum absolute atomic E-state index is 0.104. The molecule has 1 aliphatic rings. The minimum Gasteiger partial charge on any atom is -0.336 e. The number of para-hydroxylation sites is 1. The highest BCUT2D eigenvalue weighted by Gasteiger charge is 2.34. The highest BCUT2D eigenvalue weighted by molar-refractivity contribution is 7.89. The second-order valence-electron chi connectivity index (χ2n) is 6.40. The first-order valence-electron chi connectivity index (χ1n) is 8.85. The molecule has 8 heteroatoms. The lowest BCUT2D eigenvalue weighted by Gasteiger charge is -2.35. The lowest BCUT2D eigenvalue weighted by Crippen LogP contribution is -2.49. The second kappa shape index (κ2) is 8.73. The number of carbonyl (C=O) groups is 1. The number of anilines is 1. The number of sulfonamides is 1. The van der Waals surface area contributed by atoms with E-state index in [-0.39, 0.29) is 28.5 Å². The summed E-state index contributed by atoms with van der Waals surface area (Å²) in [6.45, 7) is 0.655. The summed E-state index contributed by atoms with van der Waals surface area (Å²) in [7, 11) is -3.72. The van der Waals surface area contributed by atoms with Gasteiger partial charge in [-0.2, -0.15) is 4.31 Å². The highest BCUT2D eigenvalue weighted by atomic mass is 35.5. The van der Waals surface area contributed by atoms with Crippen molar-refractivity contribution in [1.82, 2.24) is 9.62 Å². The van der Waals surface area contributed by atoms with Gasteiger partial charge < -0.3 is 10.6 Å². The van der Waals surface area contributed by atoms with Gasteiger partial charge in [-0.05, 0) is 37.1 Å². The van der Waals surface area contributed by atoms with Gasteiger partial charge in [0.2, 0.25) is 10.0 Å². The maximum Gasteiger partial charge on any atom is 0.319 e. The monoisotopic (exact) mass is 407 g/mol. The van der Waals surface area contributed by atoms with Gasteiger partial charge in [0.25, 0.3) is 0 Å². The molecule has 27 heavy (non-hydrogen) atoms. The molecule has 1 aliphatic heterocycles. The number of halogens is 1. The summed E-state index contributed by atoms with van der Waals surface area (Å²) in [5, 5.41) is 5.72. The molecule has 2 aromatic rings. The van der Waals surface area contributed by atoms with E-state index in [9.17, 15) is 13.2 Å². The number of piperidine rings is 1. The van der Waals surface area contributed by atoms with Crippen LogP contribution in [0.25, 0.3) is 0 Å². The van der Waals surface area contributed by atoms with Gasteiger partial charge in [-0.1, -0.05) is 48.4 Å². The van der Waals surface area contributed by atoms with E-state index < -0.39 is 10.0 Å². The molecular formula is C19H22ClN3O3S. The average molecular weight is 408 g/mol. The Morgan fingerprint density at radius 3 is 2.52 bits per heavy atom. The Hall–Kier alpha value is -2.09. The fourth-order valence-electron chi connectivity index (χ4n) is 3.18. The molecule has 0 spiro atoms. The molecule has 2 N–H and O–H groups in total. The third-order valence-corrected chi connectivity index (χ3v) is 6.98. The summed E-state index contributed by atoms with van der Waals surface area (Å²) in [5.74, 6) is 0. The Balaban J connectivity index is 1.68. The number of benzene rings is 2. The molecule has 3 rings (SSSR count). The zero-order valence-electron chi connectivity index (χ0n) is 14.8. The number of hydrogen-bond acceptors (Lipinski definition) is 3. The standard InChI is InChI=1S/C19H22ClN3O3S/c20-17-11-4-5-12-18(17)27(25,26)23-13-7-6-10-16(23)14-21-19(24)22-15-8-2-1-3-9-15/h1-5,8-9,11-12,16H,6-7,10,13-14H2,(H2,21,22,24). The number of amides is 2. The van der Waals surface area contributed by atoms with Crippen molar-refractivity contribution < 1.29 is 13.2 Å². The molecule has 0 aliphatic carbocycles. The van der Waals surface area contributed by atoms with Crippen LogP contribution >= 0.6 is 11.6 Å². The van der Waals surface area contributed by atoms with E-state index in [0.29, 0.717) is 18.7 Å². The molecule has 0 radical (unpaired) electrons. The Kier molecular flexibility index (Phi) is 6.36. The number of rotatable bonds is 5. The van der Waals surface area contributed by atoms with Gasteiger partial charge >= 0.3 is 6.03 Å². The Morgan fingerprint density at radius 1 is 1.07 bits per heavy atom. The lowest BCUT2D eigenvalue weighted by molar-refractivity contribution is 0.231. The molecule has 1 heterocycles. The SMILES string of the molecule is O=C(NCC1CCCCN1S(=O)(=O)c1ccccc1Cl)Nc1ccccc1. The summed E-state index contributed by atoms with van der Waals surface area (Å²) >= 11 is 6.11. The molecule has 2 aromatic carbocycles. The third-order valence-electron chi connectivity index (χ3n) is 4.53.